The number of furan rings is 1. The SMILES string of the molecule is CCC(C)CC(NN)c1cc2ccccc2o1. The van der Waals surface area contributed by atoms with Crippen molar-refractivity contribution in [1.29, 1.82) is 0 Å². The molecule has 0 saturated heterocycles. The molecule has 2 atom stereocenters. The molecule has 0 radical (unpaired) electrons. The zero-order chi connectivity index (χ0) is 12.3. The third kappa shape index (κ3) is 2.68. The van der Waals surface area contributed by atoms with E-state index in [0.29, 0.717) is 5.92 Å². The van der Waals surface area contributed by atoms with Gasteiger partial charge < -0.3 is 4.42 Å². The largest absolute Gasteiger partial charge is 0.459 e. The topological polar surface area (TPSA) is 51.2 Å². The molecule has 0 spiro atoms. The Morgan fingerprint density at radius 3 is 2.76 bits per heavy atom. The molecule has 1 aromatic heterocycles. The number of para-hydroxylation sites is 1. The van der Waals surface area contributed by atoms with Crippen LogP contribution in [0.4, 0.5) is 0 Å². The molecule has 0 aliphatic carbocycles. The van der Waals surface area contributed by atoms with E-state index in [4.69, 9.17) is 10.3 Å². The van der Waals surface area contributed by atoms with Crippen LogP contribution in [0.3, 0.4) is 0 Å². The van der Waals surface area contributed by atoms with Gasteiger partial charge in [0, 0.05) is 5.39 Å². The Labute approximate surface area is 102 Å². The minimum absolute atomic E-state index is 0.0948. The second-order valence-electron chi connectivity index (χ2n) is 4.65. The number of hydrogen-bond donors (Lipinski definition) is 2. The second-order valence-corrected chi connectivity index (χ2v) is 4.65. The van der Waals surface area contributed by atoms with Crippen molar-refractivity contribution < 1.29 is 4.42 Å². The first-order valence-electron chi connectivity index (χ1n) is 6.19. The van der Waals surface area contributed by atoms with Gasteiger partial charge in [-0.2, -0.15) is 0 Å². The average molecular weight is 232 g/mol. The van der Waals surface area contributed by atoms with E-state index in [1.165, 1.54) is 0 Å². The lowest BCUT2D eigenvalue weighted by molar-refractivity contribution is 0.359. The number of hydrazine groups is 1. The summed E-state index contributed by atoms with van der Waals surface area (Å²) in [5, 5.41) is 1.13. The van der Waals surface area contributed by atoms with Gasteiger partial charge in [0.05, 0.1) is 6.04 Å². The van der Waals surface area contributed by atoms with E-state index in [1.807, 2.05) is 18.2 Å². The van der Waals surface area contributed by atoms with Crippen LogP contribution in [0.25, 0.3) is 11.0 Å². The van der Waals surface area contributed by atoms with Gasteiger partial charge in [0.1, 0.15) is 11.3 Å². The van der Waals surface area contributed by atoms with Crippen molar-refractivity contribution >= 4 is 11.0 Å². The molecule has 0 amide bonds. The van der Waals surface area contributed by atoms with Gasteiger partial charge in [0.15, 0.2) is 0 Å². The van der Waals surface area contributed by atoms with Gasteiger partial charge in [-0.3, -0.25) is 5.84 Å². The summed E-state index contributed by atoms with van der Waals surface area (Å²) in [6.07, 6.45) is 2.14. The fourth-order valence-corrected chi connectivity index (χ4v) is 2.01. The molecule has 17 heavy (non-hydrogen) atoms. The van der Waals surface area contributed by atoms with Crippen LogP contribution >= 0.6 is 0 Å². The van der Waals surface area contributed by atoms with Crippen LogP contribution in [0.1, 0.15) is 38.5 Å². The summed E-state index contributed by atoms with van der Waals surface area (Å²) in [7, 11) is 0. The van der Waals surface area contributed by atoms with Gasteiger partial charge in [-0.15, -0.1) is 0 Å². The predicted octanol–water partition coefficient (Wildman–Crippen LogP) is 3.37. The fourth-order valence-electron chi connectivity index (χ4n) is 2.01. The van der Waals surface area contributed by atoms with E-state index in [-0.39, 0.29) is 6.04 Å². The van der Waals surface area contributed by atoms with Gasteiger partial charge in [-0.05, 0) is 24.5 Å². The molecule has 3 N–H and O–H groups in total. The van der Waals surface area contributed by atoms with Crippen molar-refractivity contribution in [2.75, 3.05) is 0 Å². The molecule has 2 rings (SSSR count). The van der Waals surface area contributed by atoms with Crippen LogP contribution in [0.5, 0.6) is 0 Å². The summed E-state index contributed by atoms with van der Waals surface area (Å²) < 4.78 is 5.82. The second kappa shape index (κ2) is 5.34. The highest BCUT2D eigenvalue weighted by Gasteiger charge is 2.17. The number of fused-ring (bicyclic) bond motifs is 1. The minimum atomic E-state index is 0.0948. The summed E-state index contributed by atoms with van der Waals surface area (Å²) >= 11 is 0. The van der Waals surface area contributed by atoms with Crippen LogP contribution in [-0.4, -0.2) is 0 Å². The lowest BCUT2D eigenvalue weighted by atomic mass is 9.98. The molecule has 1 aromatic carbocycles. The van der Waals surface area contributed by atoms with Crippen LogP contribution in [0.15, 0.2) is 34.7 Å². The molecule has 0 fully saturated rings. The fraction of sp³-hybridized carbons (Fsp3) is 0.429. The molecule has 2 aromatic rings. The van der Waals surface area contributed by atoms with Crippen LogP contribution in [0.2, 0.25) is 0 Å². The third-order valence-corrected chi connectivity index (χ3v) is 3.32. The van der Waals surface area contributed by atoms with E-state index in [1.54, 1.807) is 0 Å². The molecular formula is C14H20N2O. The summed E-state index contributed by atoms with van der Waals surface area (Å²) in [4.78, 5) is 0. The maximum absolute atomic E-state index is 5.82. The quantitative estimate of drug-likeness (QED) is 0.614. The lowest BCUT2D eigenvalue weighted by Gasteiger charge is -2.17. The molecule has 3 heteroatoms. The van der Waals surface area contributed by atoms with Crippen molar-refractivity contribution in [2.24, 2.45) is 11.8 Å². The summed E-state index contributed by atoms with van der Waals surface area (Å²) in [6.45, 7) is 4.42. The molecule has 0 bridgehead atoms. The van der Waals surface area contributed by atoms with Crippen molar-refractivity contribution in [3.63, 3.8) is 0 Å². The number of benzene rings is 1. The Morgan fingerprint density at radius 1 is 1.35 bits per heavy atom. The van der Waals surface area contributed by atoms with E-state index < -0.39 is 0 Å². The molecular weight excluding hydrogens is 212 g/mol. The minimum Gasteiger partial charge on any atom is -0.459 e. The van der Waals surface area contributed by atoms with Crippen molar-refractivity contribution in [2.45, 2.75) is 32.7 Å². The first-order chi connectivity index (χ1) is 8.24. The molecule has 1 heterocycles. The first kappa shape index (κ1) is 12.1. The highest BCUT2D eigenvalue weighted by Crippen LogP contribution is 2.27. The molecule has 3 nitrogen and oxygen atoms in total. The maximum atomic E-state index is 5.82. The van der Waals surface area contributed by atoms with Gasteiger partial charge in [0.2, 0.25) is 0 Å². The van der Waals surface area contributed by atoms with Crippen molar-refractivity contribution in [1.82, 2.24) is 5.43 Å². The molecule has 2 unspecified atom stereocenters. The summed E-state index contributed by atoms with van der Waals surface area (Å²) in [6, 6.07) is 10.2. The van der Waals surface area contributed by atoms with Gasteiger partial charge in [-0.1, -0.05) is 38.5 Å². The van der Waals surface area contributed by atoms with E-state index in [2.05, 4.69) is 31.4 Å². The molecule has 0 aliphatic heterocycles. The number of nitrogens with one attached hydrogen (secondary N) is 1. The number of nitrogens with two attached hydrogens (primary N) is 1. The molecule has 92 valence electrons. The monoisotopic (exact) mass is 232 g/mol. The lowest BCUT2D eigenvalue weighted by Crippen LogP contribution is -2.29. The smallest absolute Gasteiger partial charge is 0.134 e. The van der Waals surface area contributed by atoms with Gasteiger partial charge in [-0.25, -0.2) is 5.43 Å². The molecule has 0 aliphatic rings. The Hall–Kier alpha value is -1.32. The summed E-state index contributed by atoms with van der Waals surface area (Å²) in [5.74, 6) is 7.17. The Bertz CT molecular complexity index is 445. The maximum Gasteiger partial charge on any atom is 0.134 e. The van der Waals surface area contributed by atoms with Crippen LogP contribution in [-0.2, 0) is 0 Å². The Morgan fingerprint density at radius 2 is 2.12 bits per heavy atom. The average Bonchev–Trinajstić information content (AvgIpc) is 2.78. The van der Waals surface area contributed by atoms with Crippen LogP contribution in [0, 0.1) is 5.92 Å². The zero-order valence-corrected chi connectivity index (χ0v) is 10.4. The number of hydrogen-bond acceptors (Lipinski definition) is 3. The van der Waals surface area contributed by atoms with E-state index in [0.717, 1.165) is 29.6 Å². The number of rotatable bonds is 5. The summed E-state index contributed by atoms with van der Waals surface area (Å²) in [5.41, 5.74) is 3.77. The van der Waals surface area contributed by atoms with Gasteiger partial charge in [0.25, 0.3) is 0 Å². The highest BCUT2D eigenvalue weighted by molar-refractivity contribution is 5.77. The Balaban J connectivity index is 2.24. The van der Waals surface area contributed by atoms with Gasteiger partial charge >= 0.3 is 0 Å². The van der Waals surface area contributed by atoms with Crippen molar-refractivity contribution in [3.8, 4) is 0 Å². The van der Waals surface area contributed by atoms with Crippen molar-refractivity contribution in [3.05, 3.63) is 36.1 Å². The highest BCUT2D eigenvalue weighted by atomic mass is 16.3. The van der Waals surface area contributed by atoms with Crippen LogP contribution < -0.4 is 11.3 Å². The van der Waals surface area contributed by atoms with E-state index in [9.17, 15) is 0 Å². The predicted molar refractivity (Wildman–Crippen MR) is 70.4 cm³/mol. The molecule has 0 saturated carbocycles. The standard InChI is InChI=1S/C14H20N2O/c1-3-10(2)8-12(16-15)14-9-11-6-4-5-7-13(11)17-14/h4-7,9-10,12,16H,3,8,15H2,1-2H3. The zero-order valence-electron chi connectivity index (χ0n) is 10.4. The third-order valence-electron chi connectivity index (χ3n) is 3.32. The normalized spacial score (nSPS) is 15.0. The van der Waals surface area contributed by atoms with E-state index >= 15 is 0 Å². The first-order valence-corrected chi connectivity index (χ1v) is 6.19. The Kier molecular flexibility index (Phi) is 3.82.